The maximum absolute atomic E-state index is 9.64. The van der Waals surface area contributed by atoms with Crippen LogP contribution in [0.2, 0.25) is 0 Å². The minimum Gasteiger partial charge on any atom is -0.393 e. The number of hydrogen-bond donors (Lipinski definition) is 2. The summed E-state index contributed by atoms with van der Waals surface area (Å²) in [5, 5.41) is 9.64. The van der Waals surface area contributed by atoms with Crippen LogP contribution in [0.3, 0.4) is 0 Å². The molecule has 3 N–H and O–H groups in total. The number of hydrogen-bond acceptors (Lipinski definition) is 4. The predicted molar refractivity (Wildman–Crippen MR) is 75.2 cm³/mol. The lowest BCUT2D eigenvalue weighted by molar-refractivity contribution is 0.122. The third-order valence-corrected chi connectivity index (χ3v) is 5.25. The second-order valence-corrected chi connectivity index (χ2v) is 7.17. The molecule has 1 aromatic heterocycles. The molecule has 0 spiro atoms. The van der Waals surface area contributed by atoms with Gasteiger partial charge in [-0.05, 0) is 53.9 Å². The fraction of sp³-hybridized carbons (Fsp3) is 0.667. The van der Waals surface area contributed by atoms with Gasteiger partial charge in [0.1, 0.15) is 0 Å². The first-order valence-corrected chi connectivity index (χ1v) is 7.60. The molecule has 0 saturated carbocycles. The molecule has 3 nitrogen and oxygen atoms in total. The van der Waals surface area contributed by atoms with Crippen molar-refractivity contribution in [1.29, 1.82) is 0 Å². The first kappa shape index (κ1) is 13.5. The summed E-state index contributed by atoms with van der Waals surface area (Å²) in [7, 11) is 0. The third kappa shape index (κ3) is 3.09. The van der Waals surface area contributed by atoms with E-state index in [4.69, 9.17) is 5.73 Å². The number of nitrogens with zero attached hydrogens (tertiary/aromatic N) is 1. The summed E-state index contributed by atoms with van der Waals surface area (Å²) in [4.78, 5) is 3.71. The molecule has 0 aromatic carbocycles. The number of halogens is 1. The van der Waals surface area contributed by atoms with Gasteiger partial charge in [-0.15, -0.1) is 11.3 Å². The number of nitrogens with two attached hydrogens (primary N) is 1. The molecule has 2 heterocycles. The van der Waals surface area contributed by atoms with Crippen LogP contribution in [0.4, 0.5) is 0 Å². The largest absolute Gasteiger partial charge is 0.393 e. The molecule has 3 unspecified atom stereocenters. The van der Waals surface area contributed by atoms with Gasteiger partial charge in [0.25, 0.3) is 0 Å². The topological polar surface area (TPSA) is 49.5 Å². The zero-order valence-corrected chi connectivity index (χ0v) is 12.4. The molecule has 17 heavy (non-hydrogen) atoms. The van der Waals surface area contributed by atoms with E-state index in [9.17, 15) is 5.11 Å². The highest BCUT2D eigenvalue weighted by Crippen LogP contribution is 2.33. The second-order valence-electron chi connectivity index (χ2n) is 4.68. The van der Waals surface area contributed by atoms with Crippen molar-refractivity contribution in [2.75, 3.05) is 19.6 Å². The molecule has 1 aliphatic heterocycles. The van der Waals surface area contributed by atoms with Gasteiger partial charge in [0.15, 0.2) is 0 Å². The highest BCUT2D eigenvalue weighted by atomic mass is 79.9. The van der Waals surface area contributed by atoms with Gasteiger partial charge >= 0.3 is 0 Å². The van der Waals surface area contributed by atoms with Crippen LogP contribution in [0.25, 0.3) is 0 Å². The van der Waals surface area contributed by atoms with Crippen molar-refractivity contribution in [1.82, 2.24) is 4.90 Å². The van der Waals surface area contributed by atoms with Crippen LogP contribution in [-0.4, -0.2) is 35.7 Å². The van der Waals surface area contributed by atoms with Gasteiger partial charge in [-0.1, -0.05) is 0 Å². The van der Waals surface area contributed by atoms with Crippen molar-refractivity contribution >= 4 is 27.3 Å². The van der Waals surface area contributed by atoms with E-state index in [-0.39, 0.29) is 6.10 Å². The van der Waals surface area contributed by atoms with Gasteiger partial charge in [0.05, 0.1) is 15.9 Å². The van der Waals surface area contributed by atoms with Crippen LogP contribution >= 0.6 is 27.3 Å². The fourth-order valence-electron chi connectivity index (χ4n) is 2.44. The monoisotopic (exact) mass is 318 g/mol. The van der Waals surface area contributed by atoms with Crippen LogP contribution < -0.4 is 5.73 Å². The van der Waals surface area contributed by atoms with E-state index in [2.05, 4.69) is 33.0 Å². The quantitative estimate of drug-likeness (QED) is 0.895. The van der Waals surface area contributed by atoms with Crippen LogP contribution in [0.15, 0.2) is 15.9 Å². The smallest absolute Gasteiger partial charge is 0.0702 e. The molecule has 1 aliphatic rings. The first-order chi connectivity index (χ1) is 8.11. The molecule has 3 atom stereocenters. The minimum absolute atomic E-state index is 0.214. The summed E-state index contributed by atoms with van der Waals surface area (Å²) < 4.78 is 1.15. The van der Waals surface area contributed by atoms with E-state index in [0.717, 1.165) is 23.3 Å². The molecule has 1 fully saturated rings. The molecule has 2 rings (SSSR count). The van der Waals surface area contributed by atoms with Gasteiger partial charge < -0.3 is 10.8 Å². The van der Waals surface area contributed by atoms with Gasteiger partial charge in [0, 0.05) is 18.0 Å². The Morgan fingerprint density at radius 2 is 2.41 bits per heavy atom. The van der Waals surface area contributed by atoms with Crippen molar-refractivity contribution in [3.05, 3.63) is 20.8 Å². The Bertz CT molecular complexity index is 369. The van der Waals surface area contributed by atoms with Crippen LogP contribution in [0.1, 0.15) is 24.3 Å². The molecule has 0 radical (unpaired) electrons. The molecular formula is C12H19BrN2OS. The van der Waals surface area contributed by atoms with Gasteiger partial charge in [-0.25, -0.2) is 0 Å². The lowest BCUT2D eigenvalue weighted by Crippen LogP contribution is -2.32. The molecule has 0 amide bonds. The van der Waals surface area contributed by atoms with E-state index in [0.29, 0.717) is 18.5 Å². The predicted octanol–water partition coefficient (Wildman–Crippen LogP) is 2.21. The maximum atomic E-state index is 9.64. The minimum atomic E-state index is -0.214. The maximum Gasteiger partial charge on any atom is 0.0702 e. The van der Waals surface area contributed by atoms with Crippen molar-refractivity contribution in [3.8, 4) is 0 Å². The third-order valence-electron chi connectivity index (χ3n) is 3.52. The molecule has 1 saturated heterocycles. The second kappa shape index (κ2) is 5.80. The normalized spacial score (nSPS) is 25.1. The number of aliphatic hydroxyl groups excluding tert-OH is 1. The van der Waals surface area contributed by atoms with Crippen molar-refractivity contribution in [2.24, 2.45) is 11.7 Å². The Kier molecular flexibility index (Phi) is 4.60. The molecule has 0 aliphatic carbocycles. The Morgan fingerprint density at radius 3 is 2.88 bits per heavy atom. The van der Waals surface area contributed by atoms with E-state index in [1.807, 2.05) is 6.92 Å². The Morgan fingerprint density at radius 1 is 1.65 bits per heavy atom. The van der Waals surface area contributed by atoms with Gasteiger partial charge in [-0.2, -0.15) is 0 Å². The Labute approximate surface area is 115 Å². The number of likely N-dealkylation sites (tertiary alicyclic amines) is 1. The van der Waals surface area contributed by atoms with Gasteiger partial charge in [-0.3, -0.25) is 4.90 Å². The van der Waals surface area contributed by atoms with Crippen molar-refractivity contribution < 1.29 is 5.11 Å². The summed E-state index contributed by atoms with van der Waals surface area (Å²) in [6, 6.07) is 4.52. The summed E-state index contributed by atoms with van der Waals surface area (Å²) in [5.41, 5.74) is 5.90. The molecule has 96 valence electrons. The van der Waals surface area contributed by atoms with Crippen LogP contribution in [0.5, 0.6) is 0 Å². The van der Waals surface area contributed by atoms with E-state index < -0.39 is 0 Å². The zero-order chi connectivity index (χ0) is 12.4. The summed E-state index contributed by atoms with van der Waals surface area (Å²) in [6.45, 7) is 4.51. The fourth-order valence-corrected chi connectivity index (χ4v) is 4.02. The first-order valence-electron chi connectivity index (χ1n) is 5.99. The number of rotatable bonds is 4. The Hall–Kier alpha value is 0.0600. The van der Waals surface area contributed by atoms with E-state index in [1.165, 1.54) is 4.88 Å². The zero-order valence-electron chi connectivity index (χ0n) is 9.97. The standard InChI is InChI=1S/C12H19BrN2OS/c1-8(16)9-4-5-15(7-9)10(6-14)11-2-3-12(13)17-11/h2-3,8-10,16H,4-7,14H2,1H3. The van der Waals surface area contributed by atoms with Crippen molar-refractivity contribution in [2.45, 2.75) is 25.5 Å². The van der Waals surface area contributed by atoms with Crippen LogP contribution in [-0.2, 0) is 0 Å². The van der Waals surface area contributed by atoms with Crippen LogP contribution in [0, 0.1) is 5.92 Å². The lowest BCUT2D eigenvalue weighted by atomic mass is 10.0. The van der Waals surface area contributed by atoms with E-state index >= 15 is 0 Å². The summed E-state index contributed by atoms with van der Waals surface area (Å²) >= 11 is 5.24. The highest BCUT2D eigenvalue weighted by molar-refractivity contribution is 9.11. The van der Waals surface area contributed by atoms with Gasteiger partial charge in [0.2, 0.25) is 0 Å². The Balaban J connectivity index is 2.05. The van der Waals surface area contributed by atoms with E-state index in [1.54, 1.807) is 11.3 Å². The molecule has 0 bridgehead atoms. The number of thiophene rings is 1. The summed E-state index contributed by atoms with van der Waals surface area (Å²) in [6.07, 6.45) is 0.856. The number of aliphatic hydroxyl groups is 1. The average Bonchev–Trinajstić information content (AvgIpc) is 2.89. The lowest BCUT2D eigenvalue weighted by Gasteiger charge is -2.26. The summed E-state index contributed by atoms with van der Waals surface area (Å²) in [5.74, 6) is 0.396. The molecular weight excluding hydrogens is 300 g/mol. The highest BCUT2D eigenvalue weighted by Gasteiger charge is 2.31. The molecule has 5 heteroatoms. The van der Waals surface area contributed by atoms with Crippen molar-refractivity contribution in [3.63, 3.8) is 0 Å². The SMILES string of the molecule is CC(O)C1CCN(C(CN)c2ccc(Br)s2)C1. The average molecular weight is 319 g/mol. The molecule has 1 aromatic rings.